The van der Waals surface area contributed by atoms with Crippen LogP contribution in [0.5, 0.6) is 0 Å². The largest absolute Gasteiger partial charge is 0.342 e. The van der Waals surface area contributed by atoms with E-state index in [9.17, 15) is 9.59 Å². The van der Waals surface area contributed by atoms with Crippen molar-refractivity contribution >= 4 is 17.5 Å². The smallest absolute Gasteiger partial charge is 0.254 e. The number of hydrogen-bond acceptors (Lipinski definition) is 4. The lowest BCUT2D eigenvalue weighted by Crippen LogP contribution is -2.38. The van der Waals surface area contributed by atoms with E-state index in [2.05, 4.69) is 15.3 Å². The molecular formula is C20H17ClN4O2. The molecule has 2 aromatic heterocycles. The van der Waals surface area contributed by atoms with E-state index in [1.807, 2.05) is 0 Å². The number of hydrogen-bond donors (Lipinski definition) is 1. The molecule has 6 nitrogen and oxygen atoms in total. The van der Waals surface area contributed by atoms with Crippen LogP contribution in [0.4, 0.5) is 0 Å². The lowest BCUT2D eigenvalue weighted by molar-refractivity contribution is 0.0927. The maximum absolute atomic E-state index is 12.6. The van der Waals surface area contributed by atoms with Gasteiger partial charge in [0.25, 0.3) is 11.5 Å². The van der Waals surface area contributed by atoms with Gasteiger partial charge in [-0.1, -0.05) is 17.7 Å². The highest BCUT2D eigenvalue weighted by atomic mass is 35.5. The number of nitrogens with one attached hydrogen (secondary N) is 1. The van der Waals surface area contributed by atoms with Crippen molar-refractivity contribution in [2.24, 2.45) is 0 Å². The zero-order chi connectivity index (χ0) is 18.8. The molecule has 4 rings (SSSR count). The first kappa shape index (κ1) is 17.4. The molecule has 3 aromatic rings. The highest BCUT2D eigenvalue weighted by Crippen LogP contribution is 2.25. The van der Waals surface area contributed by atoms with E-state index in [0.717, 1.165) is 18.4 Å². The number of carbonyl (C=O) groups excluding carboxylic acids is 1. The molecule has 136 valence electrons. The van der Waals surface area contributed by atoms with E-state index in [1.54, 1.807) is 53.4 Å². The van der Waals surface area contributed by atoms with Gasteiger partial charge in [-0.3, -0.25) is 19.1 Å². The van der Waals surface area contributed by atoms with Gasteiger partial charge in [0.2, 0.25) is 0 Å². The summed E-state index contributed by atoms with van der Waals surface area (Å²) in [6.45, 7) is 0.599. The van der Waals surface area contributed by atoms with Gasteiger partial charge in [-0.2, -0.15) is 0 Å². The summed E-state index contributed by atoms with van der Waals surface area (Å²) >= 11 is 5.98. The van der Waals surface area contributed by atoms with Crippen molar-refractivity contribution in [1.29, 1.82) is 0 Å². The quantitative estimate of drug-likeness (QED) is 0.756. The van der Waals surface area contributed by atoms with Gasteiger partial charge in [0, 0.05) is 41.2 Å². The number of halogens is 1. The zero-order valence-electron chi connectivity index (χ0n) is 14.4. The number of nitrogens with zero attached hydrogens (tertiary/aromatic N) is 3. The van der Waals surface area contributed by atoms with Crippen LogP contribution in [0.15, 0.2) is 59.7 Å². The predicted octanol–water partition coefficient (Wildman–Crippen LogP) is 3.22. The fourth-order valence-corrected chi connectivity index (χ4v) is 3.47. The average Bonchev–Trinajstić information content (AvgIpc) is 2.69. The van der Waals surface area contributed by atoms with E-state index in [1.165, 1.54) is 6.07 Å². The first-order valence-electron chi connectivity index (χ1n) is 8.70. The molecule has 27 heavy (non-hydrogen) atoms. The monoisotopic (exact) mass is 380 g/mol. The Bertz CT molecular complexity index is 1050. The minimum absolute atomic E-state index is 0.117. The number of aromatic nitrogens is 3. The Labute approximate surface area is 160 Å². The number of carbonyl (C=O) groups is 1. The molecule has 1 aliphatic heterocycles. The highest BCUT2D eigenvalue weighted by Gasteiger charge is 2.25. The molecule has 1 atom stereocenters. The van der Waals surface area contributed by atoms with Crippen LogP contribution in [0.1, 0.15) is 35.1 Å². The topological polar surface area (TPSA) is 76.9 Å². The first-order chi connectivity index (χ1) is 13.1. The zero-order valence-corrected chi connectivity index (χ0v) is 15.2. The average molecular weight is 381 g/mol. The van der Waals surface area contributed by atoms with Crippen LogP contribution < -0.4 is 10.9 Å². The van der Waals surface area contributed by atoms with Gasteiger partial charge in [0.15, 0.2) is 0 Å². The molecule has 0 saturated carbocycles. The third-order valence-corrected chi connectivity index (χ3v) is 4.83. The highest BCUT2D eigenvalue weighted by molar-refractivity contribution is 6.30. The fraction of sp³-hybridized carbons (Fsp3) is 0.200. The van der Waals surface area contributed by atoms with E-state index in [4.69, 9.17) is 11.6 Å². The van der Waals surface area contributed by atoms with Gasteiger partial charge in [0.1, 0.15) is 5.82 Å². The Balaban J connectivity index is 1.69. The van der Waals surface area contributed by atoms with Gasteiger partial charge in [-0.15, -0.1) is 0 Å². The molecule has 1 aliphatic rings. The number of fused-ring (bicyclic) bond motifs is 1. The number of pyridine rings is 1. The Morgan fingerprint density at radius 2 is 2.00 bits per heavy atom. The normalized spacial score (nSPS) is 15.8. The second-order valence-corrected chi connectivity index (χ2v) is 6.84. The Hall–Kier alpha value is -2.99. The fourth-order valence-electron chi connectivity index (χ4n) is 3.28. The lowest BCUT2D eigenvalue weighted by Gasteiger charge is -2.27. The van der Waals surface area contributed by atoms with E-state index in [0.29, 0.717) is 28.6 Å². The minimum atomic E-state index is -0.334. The molecule has 7 heteroatoms. The van der Waals surface area contributed by atoms with Crippen LogP contribution in [0.3, 0.4) is 0 Å². The van der Waals surface area contributed by atoms with Crippen LogP contribution >= 0.6 is 11.6 Å². The predicted molar refractivity (Wildman–Crippen MR) is 103 cm³/mol. The third-order valence-electron chi connectivity index (χ3n) is 4.59. The van der Waals surface area contributed by atoms with Gasteiger partial charge >= 0.3 is 0 Å². The maximum Gasteiger partial charge on any atom is 0.254 e. The third kappa shape index (κ3) is 3.61. The van der Waals surface area contributed by atoms with Crippen molar-refractivity contribution in [3.63, 3.8) is 0 Å². The molecule has 0 radical (unpaired) electrons. The molecule has 1 N–H and O–H groups in total. The lowest BCUT2D eigenvalue weighted by atomic mass is 10.0. The summed E-state index contributed by atoms with van der Waals surface area (Å²) in [5.74, 6) is 0.343. The Kier molecular flexibility index (Phi) is 4.73. The van der Waals surface area contributed by atoms with Gasteiger partial charge in [-0.05, 0) is 43.2 Å². The molecule has 0 aliphatic carbocycles. The summed E-state index contributed by atoms with van der Waals surface area (Å²) in [6, 6.07) is 11.6. The number of rotatable bonds is 3. The van der Waals surface area contributed by atoms with Crippen molar-refractivity contribution in [1.82, 2.24) is 19.9 Å². The first-order valence-corrected chi connectivity index (χ1v) is 9.08. The van der Waals surface area contributed by atoms with E-state index >= 15 is 0 Å². The van der Waals surface area contributed by atoms with Crippen LogP contribution in [-0.4, -0.2) is 20.4 Å². The SMILES string of the molecule is O=C(NC1CCCn2c1nc(-c1ccncc1)cc2=O)c1cccc(Cl)c1. The summed E-state index contributed by atoms with van der Waals surface area (Å²) in [7, 11) is 0. The van der Waals surface area contributed by atoms with Crippen molar-refractivity contribution in [3.05, 3.63) is 81.6 Å². The summed E-state index contributed by atoms with van der Waals surface area (Å²) in [6.07, 6.45) is 4.83. The van der Waals surface area contributed by atoms with Crippen LogP contribution in [0, 0.1) is 0 Å². The van der Waals surface area contributed by atoms with Crippen molar-refractivity contribution in [2.75, 3.05) is 0 Å². The second-order valence-electron chi connectivity index (χ2n) is 6.40. The molecule has 0 fully saturated rings. The molecule has 1 amide bonds. The second kappa shape index (κ2) is 7.32. The van der Waals surface area contributed by atoms with Crippen LogP contribution in [-0.2, 0) is 6.54 Å². The molecule has 3 heterocycles. The Morgan fingerprint density at radius 3 is 2.78 bits per heavy atom. The molecular weight excluding hydrogens is 364 g/mol. The van der Waals surface area contributed by atoms with Crippen molar-refractivity contribution < 1.29 is 4.79 Å². The summed E-state index contributed by atoms with van der Waals surface area (Å²) in [4.78, 5) is 33.9. The summed E-state index contributed by atoms with van der Waals surface area (Å²) in [5.41, 5.74) is 1.76. The molecule has 1 aromatic carbocycles. The number of amides is 1. The minimum Gasteiger partial charge on any atom is -0.342 e. The van der Waals surface area contributed by atoms with Crippen LogP contribution in [0.25, 0.3) is 11.3 Å². The summed E-state index contributed by atoms with van der Waals surface area (Å²) < 4.78 is 1.64. The standard InChI is InChI=1S/C20H17ClN4O2/c21-15-4-1-3-14(11-15)20(27)24-16-5-2-10-25-18(26)12-17(23-19(16)25)13-6-8-22-9-7-13/h1,3-4,6-9,11-12,16H,2,5,10H2,(H,24,27). The molecule has 1 unspecified atom stereocenters. The maximum atomic E-state index is 12.6. The van der Waals surface area contributed by atoms with Crippen molar-refractivity contribution in [2.45, 2.75) is 25.4 Å². The van der Waals surface area contributed by atoms with Crippen molar-refractivity contribution in [3.8, 4) is 11.3 Å². The number of benzene rings is 1. The molecule has 0 saturated heterocycles. The molecule has 0 spiro atoms. The van der Waals surface area contributed by atoms with Gasteiger partial charge < -0.3 is 5.32 Å². The van der Waals surface area contributed by atoms with E-state index < -0.39 is 0 Å². The molecule has 0 bridgehead atoms. The Morgan fingerprint density at radius 1 is 1.19 bits per heavy atom. The van der Waals surface area contributed by atoms with Gasteiger partial charge in [-0.25, -0.2) is 4.98 Å². The van der Waals surface area contributed by atoms with Crippen LogP contribution in [0.2, 0.25) is 5.02 Å². The summed E-state index contributed by atoms with van der Waals surface area (Å²) in [5, 5.41) is 3.49. The van der Waals surface area contributed by atoms with Gasteiger partial charge in [0.05, 0.1) is 11.7 Å². The van der Waals surface area contributed by atoms with E-state index in [-0.39, 0.29) is 17.5 Å².